The molecule has 4 aliphatic rings. The van der Waals surface area contributed by atoms with Crippen molar-refractivity contribution in [1.29, 1.82) is 0 Å². The zero-order chi connectivity index (χ0) is 58.2. The molecule has 0 unspecified atom stereocenters. The second-order valence-electron chi connectivity index (χ2n) is 23.1. The van der Waals surface area contributed by atoms with Gasteiger partial charge in [-0.2, -0.15) is 12.7 Å². The number of aromatic amines is 1. The number of thiazole rings is 1. The van der Waals surface area contributed by atoms with Gasteiger partial charge in [0.05, 0.1) is 46.0 Å². The van der Waals surface area contributed by atoms with E-state index in [4.69, 9.17) is 0 Å². The van der Waals surface area contributed by atoms with E-state index in [1.165, 1.54) is 6.20 Å². The van der Waals surface area contributed by atoms with Crippen LogP contribution in [0.1, 0.15) is 67.2 Å². The molecule has 0 spiro atoms. The molecule has 3 aromatic carbocycles. The number of rotatable bonds is 18. The van der Waals surface area contributed by atoms with Gasteiger partial charge in [-0.05, 0) is 91.2 Å². The number of halogens is 3. The number of piperazine rings is 1. The van der Waals surface area contributed by atoms with Crippen LogP contribution in [0.3, 0.4) is 0 Å². The minimum absolute atomic E-state index is 0.0871. The Morgan fingerprint density at radius 1 is 0.890 bits per heavy atom. The minimum Gasteiger partial charge on any atom is -0.391 e. The number of aliphatic hydroxyl groups excluding tert-OH is 2. The number of nitrogens with one attached hydrogen (secondary N) is 4. The Hall–Kier alpha value is -6.73. The molecule has 5 atom stereocenters. The van der Waals surface area contributed by atoms with Crippen LogP contribution in [-0.4, -0.2) is 173 Å². The molecule has 6 N–H and O–H groups in total. The molecule has 3 aromatic heterocycles. The number of likely N-dealkylation sites (tertiary alicyclic amines) is 2. The fourth-order valence-electron chi connectivity index (χ4n) is 11.5. The lowest BCUT2D eigenvalue weighted by molar-refractivity contribution is -0.140. The third-order valence-corrected chi connectivity index (χ3v) is 18.7. The lowest BCUT2D eigenvalue weighted by Gasteiger charge is -2.40. The van der Waals surface area contributed by atoms with Crippen molar-refractivity contribution >= 4 is 61.6 Å². The van der Waals surface area contributed by atoms with E-state index in [1.807, 2.05) is 62.2 Å². The summed E-state index contributed by atoms with van der Waals surface area (Å²) < 4.78 is 73.4. The number of pyridine rings is 1. The molecule has 0 saturated carbocycles. The summed E-state index contributed by atoms with van der Waals surface area (Å²) in [6.07, 6.45) is 1.08. The third kappa shape index (κ3) is 12.9. The molecule has 23 heteroatoms. The normalized spacial score (nSPS) is 21.0. The van der Waals surface area contributed by atoms with Gasteiger partial charge in [-0.15, -0.1) is 11.3 Å². The Morgan fingerprint density at radius 3 is 2.26 bits per heavy atom. The zero-order valence-electron chi connectivity index (χ0n) is 46.4. The average Bonchev–Trinajstić information content (AvgIpc) is 4.29. The molecule has 0 aliphatic carbocycles. The molecule has 2 amide bonds. The van der Waals surface area contributed by atoms with Crippen LogP contribution in [0.2, 0.25) is 0 Å². The number of carbonyl (C=O) groups is 3. The predicted molar refractivity (Wildman–Crippen MR) is 310 cm³/mol. The molecule has 0 radical (unpaired) electrons. The van der Waals surface area contributed by atoms with Crippen molar-refractivity contribution in [1.82, 2.24) is 44.6 Å². The molecule has 18 nitrogen and oxygen atoms in total. The highest BCUT2D eigenvalue weighted by atomic mass is 32.2. The van der Waals surface area contributed by atoms with Gasteiger partial charge in [0, 0.05) is 106 Å². The maximum atomic E-state index is 15.9. The van der Waals surface area contributed by atoms with Gasteiger partial charge >= 0.3 is 10.2 Å². The van der Waals surface area contributed by atoms with Crippen molar-refractivity contribution < 1.29 is 46.2 Å². The first-order valence-corrected chi connectivity index (χ1v) is 30.0. The number of aliphatic hydroxyl groups is 2. The summed E-state index contributed by atoms with van der Waals surface area (Å²) in [6.45, 7) is 17.7. The Bertz CT molecular complexity index is 3420. The number of piperidine rings is 1. The molecular weight excluding hydrogens is 1100 g/mol. The number of β-amino-alcohol motifs (C(OH)–C–C–N with tert-alkyl or cyclic N) is 2. The fourth-order valence-corrected chi connectivity index (χ4v) is 13.5. The number of amides is 2. The van der Waals surface area contributed by atoms with E-state index in [0.717, 1.165) is 104 Å². The number of fused-ring (bicyclic) bond motifs is 1. The highest BCUT2D eigenvalue weighted by Gasteiger charge is 2.44. The first kappa shape index (κ1) is 58.5. The second kappa shape index (κ2) is 24.2. The van der Waals surface area contributed by atoms with E-state index in [0.29, 0.717) is 45.5 Å². The Balaban J connectivity index is 0.679. The number of alkyl halides is 1. The molecule has 10 rings (SSSR count). The van der Waals surface area contributed by atoms with Crippen molar-refractivity contribution in [3.05, 3.63) is 131 Å². The highest BCUT2D eigenvalue weighted by Crippen LogP contribution is 2.34. The molecule has 6 aromatic rings. The summed E-state index contributed by atoms with van der Waals surface area (Å²) >= 11 is 1.61. The summed E-state index contributed by atoms with van der Waals surface area (Å²) in [5, 5.41) is 27.3. The molecule has 436 valence electrons. The summed E-state index contributed by atoms with van der Waals surface area (Å²) in [6, 6.07) is 18.3. The van der Waals surface area contributed by atoms with Gasteiger partial charge in [-0.25, -0.2) is 23.1 Å². The number of nitrogens with zero attached hydrogens (tertiary/aromatic N) is 7. The number of H-pyrrole nitrogens is 1. The molecule has 4 saturated heterocycles. The quantitative estimate of drug-likeness (QED) is 0.0509. The number of ketones is 1. The van der Waals surface area contributed by atoms with Crippen LogP contribution < -0.4 is 20.3 Å². The van der Waals surface area contributed by atoms with Gasteiger partial charge in [0.2, 0.25) is 17.6 Å². The Morgan fingerprint density at radius 2 is 1.60 bits per heavy atom. The molecule has 0 bridgehead atoms. The molecular formula is C59H70F3N11O7S2. The molecule has 7 heterocycles. The fraction of sp³-hybridized carbons (Fsp3) is 0.441. The van der Waals surface area contributed by atoms with Gasteiger partial charge in [-0.1, -0.05) is 63.7 Å². The monoisotopic (exact) mass is 1170 g/mol. The number of anilines is 2. The third-order valence-electron chi connectivity index (χ3n) is 16.3. The summed E-state index contributed by atoms with van der Waals surface area (Å²) in [5.41, 5.74) is 6.03. The van der Waals surface area contributed by atoms with Crippen LogP contribution >= 0.6 is 11.3 Å². The zero-order valence-corrected chi connectivity index (χ0v) is 48.0. The van der Waals surface area contributed by atoms with Gasteiger partial charge in [0.1, 0.15) is 29.8 Å². The van der Waals surface area contributed by atoms with Crippen LogP contribution in [0.15, 0.2) is 96.9 Å². The molecule has 82 heavy (non-hydrogen) atoms. The maximum absolute atomic E-state index is 15.9. The van der Waals surface area contributed by atoms with E-state index in [1.54, 1.807) is 28.5 Å². The van der Waals surface area contributed by atoms with Crippen molar-refractivity contribution in [3.8, 4) is 21.6 Å². The predicted octanol–water partition coefficient (Wildman–Crippen LogP) is 6.47. The van der Waals surface area contributed by atoms with Crippen LogP contribution in [0, 0.1) is 29.9 Å². The van der Waals surface area contributed by atoms with Gasteiger partial charge in [0.15, 0.2) is 5.82 Å². The second-order valence-corrected chi connectivity index (χ2v) is 25.6. The van der Waals surface area contributed by atoms with Gasteiger partial charge < -0.3 is 35.6 Å². The lowest BCUT2D eigenvalue weighted by Crippen LogP contribution is -2.58. The van der Waals surface area contributed by atoms with Crippen molar-refractivity contribution in [2.24, 2.45) is 11.3 Å². The summed E-state index contributed by atoms with van der Waals surface area (Å²) in [7, 11) is -4.56. The Kier molecular flexibility index (Phi) is 17.3. The first-order valence-electron chi connectivity index (χ1n) is 27.7. The summed E-state index contributed by atoms with van der Waals surface area (Å²) in [4.78, 5) is 63.4. The number of benzene rings is 3. The van der Waals surface area contributed by atoms with Gasteiger partial charge in [0.25, 0.3) is 0 Å². The molecule has 4 aliphatic heterocycles. The summed E-state index contributed by atoms with van der Waals surface area (Å²) in [5.74, 6) is -3.68. The van der Waals surface area contributed by atoms with Gasteiger partial charge in [-0.3, -0.25) is 28.9 Å². The first-order chi connectivity index (χ1) is 39.1. The van der Waals surface area contributed by atoms with E-state index in [-0.39, 0.29) is 30.5 Å². The average molecular weight is 1170 g/mol. The SMILES string of the molecule is C=C(NCc1ccc(-c2scnc2C)cc1)[C@@H]1C[C@@H](O)CN1C(=O)[C@@H](NC(=O)CN1CCC(CN2CCN(c3ccc(-c4cnc5[nH]cc(C(=O)c6c(F)ccc(NS(=O)(=O)N7C[C@H](O)[C@@H](F)C7)c6F)c5c4)cc3)CC2)CC1)C(C)(C)C. The lowest BCUT2D eigenvalue weighted by atomic mass is 9.85. The van der Waals surface area contributed by atoms with Crippen LogP contribution in [0.25, 0.3) is 32.6 Å². The van der Waals surface area contributed by atoms with Crippen molar-refractivity contribution in [2.75, 3.05) is 81.6 Å². The maximum Gasteiger partial charge on any atom is 0.301 e. The standard InChI is InChI=1S/C59H70F3N11O7S2/c1-35(63-26-37-6-8-40(9-7-37)55-36(2)66-34-81-55)49-25-43(74)30-73(49)58(78)56(59(3,4)5)67-51(76)33-69-18-16-38(17-19-69)29-70-20-22-71(23-21-70)42-12-10-39(11-13-42)41-24-44-45(28-65-57(44)64-27-41)54(77)52-46(60)14-15-48(53(52)62)68-82(79,80)72-31-47(61)50(75)32-72/h6-15,24,27-28,34,38,43,47,49-50,56,63,68,74-75H,1,16-23,25-26,29-33H2,2-5H3,(H,64,65)(H,67,76)/t43-,47+,49+,50+,56-/m1/s1. The van der Waals surface area contributed by atoms with E-state index in [2.05, 4.69) is 71.1 Å². The topological polar surface area (TPSA) is 220 Å². The van der Waals surface area contributed by atoms with Crippen LogP contribution in [0.5, 0.6) is 0 Å². The smallest absolute Gasteiger partial charge is 0.301 e. The van der Waals surface area contributed by atoms with Crippen molar-refractivity contribution in [2.45, 2.75) is 84.0 Å². The van der Waals surface area contributed by atoms with Crippen molar-refractivity contribution in [3.63, 3.8) is 0 Å². The number of hydrogen-bond donors (Lipinski definition) is 6. The van der Waals surface area contributed by atoms with E-state index < -0.39 is 87.8 Å². The Labute approximate surface area is 479 Å². The highest BCUT2D eigenvalue weighted by molar-refractivity contribution is 7.90. The van der Waals surface area contributed by atoms with Crippen LogP contribution in [-0.2, 0) is 26.3 Å². The number of hydrogen-bond acceptors (Lipinski definition) is 14. The number of carbonyl (C=O) groups excluding carboxylic acids is 3. The van der Waals surface area contributed by atoms with E-state index in [9.17, 15) is 37.4 Å². The largest absolute Gasteiger partial charge is 0.391 e. The minimum atomic E-state index is -4.56. The van der Waals surface area contributed by atoms with E-state index >= 15 is 8.78 Å². The molecule has 4 fully saturated rings. The number of aromatic nitrogens is 3. The number of aryl methyl sites for hydroxylation is 1. The van der Waals surface area contributed by atoms with Crippen LogP contribution in [0.4, 0.5) is 24.5 Å².